The number of nitrogens with zero attached hydrogens (tertiary/aromatic N) is 2. The first-order chi connectivity index (χ1) is 12.9. The fourth-order valence-electron chi connectivity index (χ4n) is 2.54. The van der Waals surface area contributed by atoms with Crippen molar-refractivity contribution in [3.63, 3.8) is 0 Å². The van der Waals surface area contributed by atoms with Crippen molar-refractivity contribution in [3.05, 3.63) is 54.1 Å². The predicted molar refractivity (Wildman–Crippen MR) is 105 cm³/mol. The molecule has 0 radical (unpaired) electrons. The molecule has 0 fully saturated rings. The summed E-state index contributed by atoms with van der Waals surface area (Å²) in [5.41, 5.74) is 1.73. The van der Waals surface area contributed by atoms with E-state index in [0.29, 0.717) is 16.9 Å². The van der Waals surface area contributed by atoms with E-state index < -0.39 is 0 Å². The fourth-order valence-corrected chi connectivity index (χ4v) is 2.54. The van der Waals surface area contributed by atoms with Gasteiger partial charge in [0.25, 0.3) is 0 Å². The van der Waals surface area contributed by atoms with E-state index in [2.05, 4.69) is 5.32 Å². The van der Waals surface area contributed by atoms with Crippen LogP contribution in [0.2, 0.25) is 0 Å². The number of anilines is 2. The van der Waals surface area contributed by atoms with Gasteiger partial charge < -0.3 is 15.0 Å². The Morgan fingerprint density at radius 1 is 1.19 bits per heavy atom. The first-order valence-corrected chi connectivity index (χ1v) is 8.74. The van der Waals surface area contributed by atoms with Crippen molar-refractivity contribution < 1.29 is 14.3 Å². The van der Waals surface area contributed by atoms with E-state index in [-0.39, 0.29) is 30.9 Å². The molecule has 0 aliphatic rings. The highest BCUT2D eigenvalue weighted by molar-refractivity contribution is 5.94. The summed E-state index contributed by atoms with van der Waals surface area (Å²) in [5.74, 6) is 0.353. The molecule has 0 bridgehead atoms. The van der Waals surface area contributed by atoms with Crippen LogP contribution >= 0.6 is 0 Å². The van der Waals surface area contributed by atoms with E-state index in [4.69, 9.17) is 10.00 Å². The molecule has 0 saturated heterocycles. The summed E-state index contributed by atoms with van der Waals surface area (Å²) in [6, 6.07) is 15.9. The number of rotatable bonds is 7. The molecule has 140 valence electrons. The van der Waals surface area contributed by atoms with Crippen molar-refractivity contribution in [1.82, 2.24) is 0 Å². The average molecular weight is 365 g/mol. The minimum absolute atomic E-state index is 0.0857. The van der Waals surface area contributed by atoms with Crippen molar-refractivity contribution >= 4 is 23.2 Å². The van der Waals surface area contributed by atoms with Crippen LogP contribution in [0, 0.1) is 11.3 Å². The molecule has 2 aromatic carbocycles. The third-order valence-electron chi connectivity index (χ3n) is 3.74. The molecule has 0 unspecified atom stereocenters. The molecule has 0 spiro atoms. The lowest BCUT2D eigenvalue weighted by atomic mass is 10.2. The number of carbonyl (C=O) groups is 2. The molecule has 0 saturated carbocycles. The van der Waals surface area contributed by atoms with Gasteiger partial charge in [-0.15, -0.1) is 0 Å². The highest BCUT2D eigenvalue weighted by Crippen LogP contribution is 2.18. The number of carbonyl (C=O) groups excluding carboxylic acids is 2. The van der Waals surface area contributed by atoms with Crippen LogP contribution in [-0.2, 0) is 9.59 Å². The molecule has 0 atom stereocenters. The van der Waals surface area contributed by atoms with Crippen molar-refractivity contribution in [2.75, 3.05) is 16.8 Å². The first-order valence-electron chi connectivity index (χ1n) is 8.74. The van der Waals surface area contributed by atoms with E-state index in [0.717, 1.165) is 5.75 Å². The second kappa shape index (κ2) is 9.39. The molecule has 1 N–H and O–H groups in total. The number of nitrogens with one attached hydrogen (secondary N) is 1. The smallest absolute Gasteiger partial charge is 0.226 e. The largest absolute Gasteiger partial charge is 0.491 e. The van der Waals surface area contributed by atoms with Gasteiger partial charge in [-0.25, -0.2) is 0 Å². The van der Waals surface area contributed by atoms with Crippen LogP contribution in [0.1, 0.15) is 32.8 Å². The standard InChI is InChI=1S/C21H23N3O3/c1-15(2)27-20-9-7-18(8-10-20)23-21(26)11-12-24(16(3)25)19-6-4-5-17(13-19)14-22/h4-10,13,15H,11-12H2,1-3H3,(H,23,26). The van der Waals surface area contributed by atoms with Crippen LogP contribution in [0.15, 0.2) is 48.5 Å². The van der Waals surface area contributed by atoms with Crippen LogP contribution < -0.4 is 15.0 Å². The number of benzene rings is 2. The SMILES string of the molecule is CC(=O)N(CCC(=O)Nc1ccc(OC(C)C)cc1)c1cccc(C#N)c1. The van der Waals surface area contributed by atoms with E-state index in [1.807, 2.05) is 19.9 Å². The lowest BCUT2D eigenvalue weighted by Gasteiger charge is -2.21. The van der Waals surface area contributed by atoms with Gasteiger partial charge in [0, 0.05) is 31.3 Å². The zero-order valence-electron chi connectivity index (χ0n) is 15.7. The predicted octanol–water partition coefficient (Wildman–Crippen LogP) is 3.73. The van der Waals surface area contributed by atoms with Crippen molar-refractivity contribution in [3.8, 4) is 11.8 Å². The number of amides is 2. The zero-order chi connectivity index (χ0) is 19.8. The first kappa shape index (κ1) is 20.0. The molecule has 2 amide bonds. The van der Waals surface area contributed by atoms with E-state index >= 15 is 0 Å². The summed E-state index contributed by atoms with van der Waals surface area (Å²) in [4.78, 5) is 25.6. The Morgan fingerprint density at radius 2 is 1.89 bits per heavy atom. The topological polar surface area (TPSA) is 82.4 Å². The van der Waals surface area contributed by atoms with Gasteiger partial charge in [0.05, 0.1) is 17.7 Å². The summed E-state index contributed by atoms with van der Waals surface area (Å²) in [7, 11) is 0. The Balaban J connectivity index is 1.96. The minimum atomic E-state index is -0.199. The summed E-state index contributed by atoms with van der Waals surface area (Å²) >= 11 is 0. The second-order valence-corrected chi connectivity index (χ2v) is 6.32. The van der Waals surface area contributed by atoms with Crippen LogP contribution in [0.4, 0.5) is 11.4 Å². The molecule has 2 aromatic rings. The van der Waals surface area contributed by atoms with Gasteiger partial charge in [-0.3, -0.25) is 9.59 Å². The van der Waals surface area contributed by atoms with Gasteiger partial charge in [-0.1, -0.05) is 6.07 Å². The Morgan fingerprint density at radius 3 is 2.48 bits per heavy atom. The normalized spacial score (nSPS) is 10.2. The maximum absolute atomic E-state index is 12.2. The lowest BCUT2D eigenvalue weighted by Crippen LogP contribution is -2.32. The quantitative estimate of drug-likeness (QED) is 0.810. The Labute approximate surface area is 159 Å². The van der Waals surface area contributed by atoms with Gasteiger partial charge in [-0.2, -0.15) is 5.26 Å². The van der Waals surface area contributed by atoms with E-state index in [1.54, 1.807) is 48.5 Å². The highest BCUT2D eigenvalue weighted by atomic mass is 16.5. The number of nitriles is 1. The van der Waals surface area contributed by atoms with Crippen LogP contribution in [0.5, 0.6) is 5.75 Å². The van der Waals surface area contributed by atoms with Gasteiger partial charge >= 0.3 is 0 Å². The molecule has 0 heterocycles. The van der Waals surface area contributed by atoms with Crippen molar-refractivity contribution in [2.45, 2.75) is 33.3 Å². The van der Waals surface area contributed by atoms with Crippen molar-refractivity contribution in [2.24, 2.45) is 0 Å². The Bertz CT molecular complexity index is 838. The minimum Gasteiger partial charge on any atom is -0.491 e. The molecule has 0 aliphatic heterocycles. The van der Waals surface area contributed by atoms with Crippen LogP contribution in [-0.4, -0.2) is 24.5 Å². The third kappa shape index (κ3) is 6.15. The molecule has 2 rings (SSSR count). The molecule has 0 aromatic heterocycles. The van der Waals surface area contributed by atoms with Crippen LogP contribution in [0.25, 0.3) is 0 Å². The van der Waals surface area contributed by atoms with Gasteiger partial charge in [0.1, 0.15) is 5.75 Å². The fraction of sp³-hybridized carbons (Fsp3) is 0.286. The summed E-state index contributed by atoms with van der Waals surface area (Å²) < 4.78 is 5.57. The van der Waals surface area contributed by atoms with E-state index in [1.165, 1.54) is 11.8 Å². The summed E-state index contributed by atoms with van der Waals surface area (Å²) in [5, 5.41) is 11.8. The zero-order valence-corrected chi connectivity index (χ0v) is 15.7. The molecular weight excluding hydrogens is 342 g/mol. The molecule has 6 heteroatoms. The number of hydrogen-bond acceptors (Lipinski definition) is 4. The average Bonchev–Trinajstić information content (AvgIpc) is 2.63. The maximum Gasteiger partial charge on any atom is 0.226 e. The molecule has 27 heavy (non-hydrogen) atoms. The molecule has 0 aliphatic carbocycles. The highest BCUT2D eigenvalue weighted by Gasteiger charge is 2.14. The van der Waals surface area contributed by atoms with Crippen molar-refractivity contribution in [1.29, 1.82) is 5.26 Å². The third-order valence-corrected chi connectivity index (χ3v) is 3.74. The Kier molecular flexibility index (Phi) is 6.95. The summed E-state index contributed by atoms with van der Waals surface area (Å²) in [6.07, 6.45) is 0.225. The maximum atomic E-state index is 12.2. The van der Waals surface area contributed by atoms with Gasteiger partial charge in [0.2, 0.25) is 11.8 Å². The summed E-state index contributed by atoms with van der Waals surface area (Å²) in [6.45, 7) is 5.56. The van der Waals surface area contributed by atoms with Gasteiger partial charge in [-0.05, 0) is 56.3 Å². The Hall–Kier alpha value is -3.33. The van der Waals surface area contributed by atoms with Crippen LogP contribution in [0.3, 0.4) is 0 Å². The monoisotopic (exact) mass is 365 g/mol. The van der Waals surface area contributed by atoms with E-state index in [9.17, 15) is 9.59 Å². The van der Waals surface area contributed by atoms with Gasteiger partial charge in [0.15, 0.2) is 0 Å². The number of ether oxygens (including phenoxy) is 1. The molecular formula is C21H23N3O3. The number of hydrogen-bond donors (Lipinski definition) is 1. The lowest BCUT2D eigenvalue weighted by molar-refractivity contribution is -0.117. The molecule has 6 nitrogen and oxygen atoms in total. The second-order valence-electron chi connectivity index (χ2n) is 6.32.